The van der Waals surface area contributed by atoms with Crippen LogP contribution in [-0.2, 0) is 0 Å². The number of hydrogen-bond acceptors (Lipinski definition) is 4. The van der Waals surface area contributed by atoms with Gasteiger partial charge in [0.1, 0.15) is 11.9 Å². The molecule has 2 rings (SSSR count). The summed E-state index contributed by atoms with van der Waals surface area (Å²) in [6, 6.07) is 4.23. The van der Waals surface area contributed by atoms with Crippen LogP contribution < -0.4 is 10.2 Å². The van der Waals surface area contributed by atoms with Gasteiger partial charge in [0.25, 0.3) is 5.91 Å². The van der Waals surface area contributed by atoms with Gasteiger partial charge in [-0.2, -0.15) is 0 Å². The molecule has 1 N–H and O–H groups in total. The number of carbonyl (C=O) groups is 1. The predicted octanol–water partition coefficient (Wildman–Crippen LogP) is 2.48. The van der Waals surface area contributed by atoms with Crippen LogP contribution in [-0.4, -0.2) is 61.7 Å². The first kappa shape index (κ1) is 18.6. The van der Waals surface area contributed by atoms with Crippen molar-refractivity contribution in [1.82, 2.24) is 15.2 Å². The Bertz CT molecular complexity index is 514. The molecule has 1 fully saturated rings. The van der Waals surface area contributed by atoms with Crippen LogP contribution in [0.1, 0.15) is 43.1 Å². The van der Waals surface area contributed by atoms with Crippen molar-refractivity contribution in [2.45, 2.75) is 44.8 Å². The summed E-state index contributed by atoms with van der Waals surface area (Å²) in [5.41, 5.74) is 1.49. The number of nitrogens with one attached hydrogen (secondary N) is 1. The molecule has 24 heavy (non-hydrogen) atoms. The van der Waals surface area contributed by atoms with Crippen molar-refractivity contribution in [1.29, 1.82) is 0 Å². The maximum atomic E-state index is 13.4. The fourth-order valence-corrected chi connectivity index (χ4v) is 3.13. The third kappa shape index (κ3) is 4.90. The molecule has 0 aliphatic carbocycles. The number of carbonyl (C=O) groups excluding carboxylic acids is 1. The van der Waals surface area contributed by atoms with Gasteiger partial charge >= 0.3 is 0 Å². The van der Waals surface area contributed by atoms with Gasteiger partial charge in [-0.05, 0) is 44.9 Å². The Labute approximate surface area is 144 Å². The number of halogens is 1. The minimum Gasteiger partial charge on any atom is -0.370 e. The summed E-state index contributed by atoms with van der Waals surface area (Å²) >= 11 is 0. The Kier molecular flexibility index (Phi) is 6.97. The topological polar surface area (TPSA) is 48.5 Å². The van der Waals surface area contributed by atoms with Gasteiger partial charge in [0.05, 0.1) is 11.9 Å². The van der Waals surface area contributed by atoms with Gasteiger partial charge in [0.2, 0.25) is 0 Å². The van der Waals surface area contributed by atoms with Crippen LogP contribution in [0, 0.1) is 0 Å². The zero-order valence-corrected chi connectivity index (χ0v) is 15.0. The summed E-state index contributed by atoms with van der Waals surface area (Å²) in [7, 11) is 3.70. The van der Waals surface area contributed by atoms with Crippen molar-refractivity contribution in [3.8, 4) is 0 Å². The van der Waals surface area contributed by atoms with Crippen molar-refractivity contribution < 1.29 is 9.18 Å². The van der Waals surface area contributed by atoms with E-state index in [9.17, 15) is 9.18 Å². The molecular formula is C18H29FN4O. The van der Waals surface area contributed by atoms with Crippen LogP contribution in [0.2, 0.25) is 0 Å². The van der Waals surface area contributed by atoms with E-state index in [0.29, 0.717) is 24.6 Å². The molecule has 5 nitrogen and oxygen atoms in total. The van der Waals surface area contributed by atoms with Gasteiger partial charge in [0.15, 0.2) is 0 Å². The second-order valence-corrected chi connectivity index (χ2v) is 6.47. The van der Waals surface area contributed by atoms with Crippen molar-refractivity contribution >= 4 is 11.6 Å². The lowest BCUT2D eigenvalue weighted by Gasteiger charge is -2.38. The highest BCUT2D eigenvalue weighted by Gasteiger charge is 2.23. The molecule has 2 heterocycles. The van der Waals surface area contributed by atoms with Gasteiger partial charge in [-0.3, -0.25) is 4.79 Å². The van der Waals surface area contributed by atoms with E-state index in [1.54, 1.807) is 19.3 Å². The summed E-state index contributed by atoms with van der Waals surface area (Å²) < 4.78 is 13.4. The lowest BCUT2D eigenvalue weighted by atomic mass is 10.0. The number of anilines is 1. The zero-order chi connectivity index (χ0) is 17.5. The molecular weight excluding hydrogens is 307 g/mol. The highest BCUT2D eigenvalue weighted by atomic mass is 19.1. The number of hydrogen-bond donors (Lipinski definition) is 1. The lowest BCUT2D eigenvalue weighted by molar-refractivity contribution is 0.0958. The summed E-state index contributed by atoms with van der Waals surface area (Å²) in [5.74, 6) is -0.167. The fourth-order valence-electron chi connectivity index (χ4n) is 3.13. The SMILES string of the molecule is CCC(F)CCN(C)C1CCN(c2ccc(C(=O)NC)nc2)CC1. The number of nitrogens with zero attached hydrogens (tertiary/aromatic N) is 3. The molecule has 1 saturated heterocycles. The molecule has 0 aromatic carbocycles. The maximum Gasteiger partial charge on any atom is 0.269 e. The third-order valence-electron chi connectivity index (χ3n) is 4.90. The van der Waals surface area contributed by atoms with Gasteiger partial charge in [-0.25, -0.2) is 9.37 Å². The van der Waals surface area contributed by atoms with Crippen LogP contribution >= 0.6 is 0 Å². The normalized spacial score (nSPS) is 17.1. The monoisotopic (exact) mass is 336 g/mol. The van der Waals surface area contributed by atoms with E-state index in [2.05, 4.69) is 27.1 Å². The van der Waals surface area contributed by atoms with E-state index in [4.69, 9.17) is 0 Å². The number of piperidine rings is 1. The van der Waals surface area contributed by atoms with Crippen LogP contribution in [0.15, 0.2) is 18.3 Å². The molecule has 0 saturated carbocycles. The molecule has 134 valence electrons. The Hall–Kier alpha value is -1.69. The minimum atomic E-state index is -0.683. The Morgan fingerprint density at radius 3 is 2.71 bits per heavy atom. The van der Waals surface area contributed by atoms with E-state index >= 15 is 0 Å². The van der Waals surface area contributed by atoms with Crippen molar-refractivity contribution in [3.05, 3.63) is 24.0 Å². The summed E-state index contributed by atoms with van der Waals surface area (Å²) in [6.45, 7) is 4.64. The molecule has 1 amide bonds. The first-order chi connectivity index (χ1) is 11.5. The molecule has 1 aliphatic heterocycles. The largest absolute Gasteiger partial charge is 0.370 e. The van der Waals surface area contributed by atoms with E-state index in [-0.39, 0.29) is 5.91 Å². The summed E-state index contributed by atoms with van der Waals surface area (Å²) in [4.78, 5) is 20.4. The molecule has 1 atom stereocenters. The average molecular weight is 336 g/mol. The number of alkyl halides is 1. The van der Waals surface area contributed by atoms with Crippen LogP contribution in [0.5, 0.6) is 0 Å². The number of amides is 1. The second-order valence-electron chi connectivity index (χ2n) is 6.47. The van der Waals surface area contributed by atoms with Gasteiger partial charge in [-0.1, -0.05) is 6.92 Å². The first-order valence-electron chi connectivity index (χ1n) is 8.82. The van der Waals surface area contributed by atoms with E-state index in [1.165, 1.54) is 0 Å². The molecule has 1 aromatic rings. The van der Waals surface area contributed by atoms with Crippen LogP contribution in [0.4, 0.5) is 10.1 Å². The average Bonchev–Trinajstić information content (AvgIpc) is 2.65. The first-order valence-corrected chi connectivity index (χ1v) is 8.82. The lowest BCUT2D eigenvalue weighted by Crippen LogP contribution is -2.44. The molecule has 1 aromatic heterocycles. The van der Waals surface area contributed by atoms with Crippen molar-refractivity contribution in [2.75, 3.05) is 38.6 Å². The number of pyridine rings is 1. The smallest absolute Gasteiger partial charge is 0.269 e. The van der Waals surface area contributed by atoms with Crippen molar-refractivity contribution in [2.24, 2.45) is 0 Å². The molecule has 1 aliphatic rings. The third-order valence-corrected chi connectivity index (χ3v) is 4.90. The predicted molar refractivity (Wildman–Crippen MR) is 95.3 cm³/mol. The van der Waals surface area contributed by atoms with Gasteiger partial charge in [-0.15, -0.1) is 0 Å². The maximum absolute atomic E-state index is 13.4. The van der Waals surface area contributed by atoms with Gasteiger partial charge in [0, 0.05) is 32.7 Å². The summed E-state index contributed by atoms with van der Waals surface area (Å²) in [5, 5.41) is 2.58. The highest BCUT2D eigenvalue weighted by molar-refractivity contribution is 5.92. The van der Waals surface area contributed by atoms with Crippen molar-refractivity contribution in [3.63, 3.8) is 0 Å². The molecule has 0 bridgehead atoms. The number of aromatic nitrogens is 1. The molecule has 1 unspecified atom stereocenters. The standard InChI is InChI=1S/C18H29FN4O/c1-4-14(19)7-10-22(3)15-8-11-23(12-9-15)16-5-6-17(21-13-16)18(24)20-2/h5-6,13-15H,4,7-12H2,1-3H3,(H,20,24). The van der Waals surface area contributed by atoms with E-state index in [1.807, 2.05) is 13.0 Å². The fraction of sp³-hybridized carbons (Fsp3) is 0.667. The Morgan fingerprint density at radius 1 is 1.46 bits per heavy atom. The number of rotatable bonds is 7. The van der Waals surface area contributed by atoms with E-state index in [0.717, 1.165) is 38.2 Å². The zero-order valence-electron chi connectivity index (χ0n) is 15.0. The Morgan fingerprint density at radius 2 is 2.17 bits per heavy atom. The summed E-state index contributed by atoms with van der Waals surface area (Å²) in [6.07, 6.45) is 4.44. The Balaban J connectivity index is 1.82. The van der Waals surface area contributed by atoms with Gasteiger partial charge < -0.3 is 15.1 Å². The second kappa shape index (κ2) is 8.97. The molecule has 0 radical (unpaired) electrons. The quantitative estimate of drug-likeness (QED) is 0.831. The highest BCUT2D eigenvalue weighted by Crippen LogP contribution is 2.22. The van der Waals surface area contributed by atoms with Crippen LogP contribution in [0.3, 0.4) is 0 Å². The minimum absolute atomic E-state index is 0.167. The molecule has 0 spiro atoms. The van der Waals surface area contributed by atoms with Crippen LogP contribution in [0.25, 0.3) is 0 Å². The molecule has 6 heteroatoms. The van der Waals surface area contributed by atoms with E-state index < -0.39 is 6.17 Å².